The maximum Gasteiger partial charge on any atom is 0.134 e. The summed E-state index contributed by atoms with van der Waals surface area (Å²) in [5.74, 6) is -1.11. The summed E-state index contributed by atoms with van der Waals surface area (Å²) in [6.07, 6.45) is 3.93. The average molecular weight is 326 g/mol. The Kier molecular flexibility index (Phi) is 4.75. The Morgan fingerprint density at radius 2 is 1.79 bits per heavy atom. The van der Waals surface area contributed by atoms with Crippen LogP contribution in [-0.4, -0.2) is 5.33 Å². The monoisotopic (exact) mass is 324 g/mol. The van der Waals surface area contributed by atoms with Crippen molar-refractivity contribution in [2.24, 2.45) is 0 Å². The molecule has 0 saturated heterocycles. The quantitative estimate of drug-likeness (QED) is 0.716. The molecule has 1 aromatic carbocycles. The molecule has 0 saturated carbocycles. The fourth-order valence-corrected chi connectivity index (χ4v) is 1.64. The molecule has 0 aliphatic rings. The van der Waals surface area contributed by atoms with Gasteiger partial charge in [-0.3, -0.25) is 0 Å². The lowest BCUT2D eigenvalue weighted by Crippen LogP contribution is -1.88. The topological polar surface area (TPSA) is 0 Å². The number of halogens is 4. The predicted octanol–water partition coefficient (Wildman–Crippen LogP) is 4.53. The molecule has 0 spiro atoms. The number of rotatable bonds is 3. The standard InChI is InChI=1S/C10H8Br2F2/c11-4-2-1-3-8-9(13)5-7(12)6-10(8)14/h1,3,5-6H,2,4H2. The number of allylic oxidation sites excluding steroid dienone is 1. The third kappa shape index (κ3) is 3.17. The molecule has 76 valence electrons. The Morgan fingerprint density at radius 1 is 1.21 bits per heavy atom. The number of benzene rings is 1. The molecule has 0 amide bonds. The van der Waals surface area contributed by atoms with Crippen molar-refractivity contribution in [3.63, 3.8) is 0 Å². The molecule has 0 unspecified atom stereocenters. The van der Waals surface area contributed by atoms with E-state index in [1.807, 2.05) is 0 Å². The third-order valence-electron chi connectivity index (χ3n) is 1.60. The van der Waals surface area contributed by atoms with E-state index in [0.717, 1.165) is 11.8 Å². The van der Waals surface area contributed by atoms with Gasteiger partial charge in [0, 0.05) is 15.4 Å². The van der Waals surface area contributed by atoms with Crippen LogP contribution < -0.4 is 0 Å². The molecule has 4 heteroatoms. The highest BCUT2D eigenvalue weighted by Gasteiger charge is 2.06. The summed E-state index contributed by atoms with van der Waals surface area (Å²) >= 11 is 6.24. The molecule has 14 heavy (non-hydrogen) atoms. The highest BCUT2D eigenvalue weighted by molar-refractivity contribution is 9.10. The third-order valence-corrected chi connectivity index (χ3v) is 2.52. The van der Waals surface area contributed by atoms with Gasteiger partial charge in [0.25, 0.3) is 0 Å². The van der Waals surface area contributed by atoms with Crippen LogP contribution in [0.1, 0.15) is 12.0 Å². The van der Waals surface area contributed by atoms with Gasteiger partial charge in [-0.25, -0.2) is 8.78 Å². The second-order valence-electron chi connectivity index (χ2n) is 2.66. The Labute approximate surface area is 98.3 Å². The summed E-state index contributed by atoms with van der Waals surface area (Å²) in [6, 6.07) is 2.49. The minimum absolute atomic E-state index is 0.00847. The van der Waals surface area contributed by atoms with Crippen LogP contribution in [0.4, 0.5) is 8.78 Å². The molecule has 0 bridgehead atoms. The van der Waals surface area contributed by atoms with Gasteiger partial charge < -0.3 is 0 Å². The summed E-state index contributed by atoms with van der Waals surface area (Å²) in [6.45, 7) is 0. The lowest BCUT2D eigenvalue weighted by atomic mass is 10.2. The van der Waals surface area contributed by atoms with Crippen molar-refractivity contribution in [3.05, 3.63) is 39.9 Å². The Bertz CT molecular complexity index is 325. The smallest absolute Gasteiger partial charge is 0.134 e. The predicted molar refractivity (Wildman–Crippen MR) is 61.5 cm³/mol. The molecular formula is C10H8Br2F2. The van der Waals surface area contributed by atoms with Gasteiger partial charge in [0.15, 0.2) is 0 Å². The van der Waals surface area contributed by atoms with Gasteiger partial charge in [0.2, 0.25) is 0 Å². The van der Waals surface area contributed by atoms with Gasteiger partial charge in [-0.15, -0.1) is 0 Å². The van der Waals surface area contributed by atoms with Crippen LogP contribution in [0.15, 0.2) is 22.7 Å². The Hall–Kier alpha value is -0.220. The average Bonchev–Trinajstić information content (AvgIpc) is 2.09. The summed E-state index contributed by atoms with van der Waals surface area (Å²) < 4.78 is 26.8. The minimum atomic E-state index is -0.553. The molecule has 0 atom stereocenters. The van der Waals surface area contributed by atoms with Gasteiger partial charge in [0.1, 0.15) is 11.6 Å². The van der Waals surface area contributed by atoms with Gasteiger partial charge in [-0.05, 0) is 18.6 Å². The van der Waals surface area contributed by atoms with Crippen molar-refractivity contribution in [1.29, 1.82) is 0 Å². The van der Waals surface area contributed by atoms with Crippen LogP contribution in [0.2, 0.25) is 0 Å². The van der Waals surface area contributed by atoms with E-state index in [9.17, 15) is 8.78 Å². The zero-order valence-electron chi connectivity index (χ0n) is 7.24. The molecule has 1 aromatic rings. The first kappa shape index (κ1) is 11.9. The second kappa shape index (κ2) is 5.61. The van der Waals surface area contributed by atoms with Crippen LogP contribution in [0, 0.1) is 11.6 Å². The van der Waals surface area contributed by atoms with Gasteiger partial charge >= 0.3 is 0 Å². The van der Waals surface area contributed by atoms with E-state index in [2.05, 4.69) is 31.9 Å². The van der Waals surface area contributed by atoms with Crippen molar-refractivity contribution < 1.29 is 8.78 Å². The first-order valence-corrected chi connectivity index (χ1v) is 5.93. The van der Waals surface area contributed by atoms with E-state index in [4.69, 9.17) is 0 Å². The molecule has 0 fully saturated rings. The lowest BCUT2D eigenvalue weighted by Gasteiger charge is -2.00. The molecule has 0 aliphatic carbocycles. The van der Waals surface area contributed by atoms with Crippen LogP contribution in [0.5, 0.6) is 0 Å². The molecule has 0 aromatic heterocycles. The zero-order chi connectivity index (χ0) is 10.6. The highest BCUT2D eigenvalue weighted by Crippen LogP contribution is 2.20. The highest BCUT2D eigenvalue weighted by atomic mass is 79.9. The van der Waals surface area contributed by atoms with Crippen molar-refractivity contribution in [2.75, 3.05) is 5.33 Å². The Balaban J connectivity index is 2.96. The maximum atomic E-state index is 13.2. The number of hydrogen-bond donors (Lipinski definition) is 0. The molecule has 0 N–H and O–H groups in total. The summed E-state index contributed by atoms with van der Waals surface area (Å²) in [5.41, 5.74) is 0.00847. The largest absolute Gasteiger partial charge is 0.206 e. The van der Waals surface area contributed by atoms with Gasteiger partial charge in [-0.1, -0.05) is 44.0 Å². The molecular weight excluding hydrogens is 318 g/mol. The summed E-state index contributed by atoms with van der Waals surface area (Å²) in [5, 5.41) is 0.781. The number of hydrogen-bond acceptors (Lipinski definition) is 0. The van der Waals surface area contributed by atoms with Crippen LogP contribution in [-0.2, 0) is 0 Å². The number of alkyl halides is 1. The zero-order valence-corrected chi connectivity index (χ0v) is 10.4. The van der Waals surface area contributed by atoms with Crippen LogP contribution in [0.25, 0.3) is 6.08 Å². The fourth-order valence-electron chi connectivity index (χ4n) is 0.977. The van der Waals surface area contributed by atoms with E-state index in [-0.39, 0.29) is 5.56 Å². The first-order valence-electron chi connectivity index (χ1n) is 4.02. The fraction of sp³-hybridized carbons (Fsp3) is 0.200. The second-order valence-corrected chi connectivity index (χ2v) is 4.37. The summed E-state index contributed by atoms with van der Waals surface area (Å²) in [7, 11) is 0. The SMILES string of the molecule is Fc1cc(Br)cc(F)c1C=CCCBr. The van der Waals surface area contributed by atoms with E-state index in [1.165, 1.54) is 18.2 Å². The molecule has 0 heterocycles. The molecule has 0 radical (unpaired) electrons. The van der Waals surface area contributed by atoms with Gasteiger partial charge in [0.05, 0.1) is 0 Å². The molecule has 0 aliphatic heterocycles. The van der Waals surface area contributed by atoms with Crippen molar-refractivity contribution >= 4 is 37.9 Å². The minimum Gasteiger partial charge on any atom is -0.206 e. The van der Waals surface area contributed by atoms with Crippen LogP contribution >= 0.6 is 31.9 Å². The first-order chi connectivity index (χ1) is 6.65. The normalized spacial score (nSPS) is 11.1. The van der Waals surface area contributed by atoms with E-state index in [1.54, 1.807) is 6.08 Å². The lowest BCUT2D eigenvalue weighted by molar-refractivity contribution is 0.577. The van der Waals surface area contributed by atoms with E-state index < -0.39 is 11.6 Å². The van der Waals surface area contributed by atoms with Crippen molar-refractivity contribution in [3.8, 4) is 0 Å². The summed E-state index contributed by atoms with van der Waals surface area (Å²) in [4.78, 5) is 0. The Morgan fingerprint density at radius 3 is 2.29 bits per heavy atom. The van der Waals surface area contributed by atoms with Gasteiger partial charge in [-0.2, -0.15) is 0 Å². The molecule has 1 rings (SSSR count). The van der Waals surface area contributed by atoms with Crippen molar-refractivity contribution in [2.45, 2.75) is 6.42 Å². The molecule has 0 nitrogen and oxygen atoms in total. The van der Waals surface area contributed by atoms with Crippen LogP contribution in [0.3, 0.4) is 0 Å². The van der Waals surface area contributed by atoms with E-state index in [0.29, 0.717) is 4.47 Å². The maximum absolute atomic E-state index is 13.2. The van der Waals surface area contributed by atoms with Crippen molar-refractivity contribution in [1.82, 2.24) is 0 Å². The van der Waals surface area contributed by atoms with E-state index >= 15 is 0 Å².